The lowest BCUT2D eigenvalue weighted by Crippen LogP contribution is -2.60. The molecule has 0 aromatic carbocycles. The fourth-order valence-corrected chi connectivity index (χ4v) is 6.15. The van der Waals surface area contributed by atoms with Gasteiger partial charge in [0, 0.05) is 12.2 Å². The van der Waals surface area contributed by atoms with E-state index in [4.69, 9.17) is 11.6 Å². The molecule has 0 saturated heterocycles. The van der Waals surface area contributed by atoms with E-state index in [0.717, 1.165) is 16.7 Å². The van der Waals surface area contributed by atoms with Crippen molar-refractivity contribution in [2.75, 3.05) is 0 Å². The Morgan fingerprint density at radius 2 is 1.84 bits per heavy atom. The molecule has 4 aliphatic carbocycles. The first-order valence-electron chi connectivity index (χ1n) is 9.28. The van der Waals surface area contributed by atoms with Crippen LogP contribution in [0.15, 0.2) is 23.2 Å². The topological polar surface area (TPSA) is 54.0 Å². The maximum atomic E-state index is 12.9. The smallest absolute Gasteiger partial charge is 0.240 e. The number of aromatic nitrogens is 1. The minimum atomic E-state index is -0.668. The van der Waals surface area contributed by atoms with Crippen LogP contribution in [-0.2, 0) is 4.79 Å². The molecular weight excluding hydrogens is 354 g/mol. The number of carbonyl (C=O) groups is 1. The van der Waals surface area contributed by atoms with Crippen molar-refractivity contribution < 1.29 is 4.79 Å². The second-order valence-electron chi connectivity index (χ2n) is 8.55. The summed E-state index contributed by atoms with van der Waals surface area (Å²) in [7, 11) is 0. The van der Waals surface area contributed by atoms with Gasteiger partial charge in [-0.1, -0.05) is 11.6 Å². The molecule has 0 unspecified atom stereocenters. The fourth-order valence-electron chi connectivity index (χ4n) is 5.17. The zero-order chi connectivity index (χ0) is 17.6. The Kier molecular flexibility index (Phi) is 4.76. The molecule has 4 bridgehead atoms. The number of hydrogen-bond donors (Lipinski definition) is 2. The Labute approximate surface area is 159 Å². The van der Waals surface area contributed by atoms with Gasteiger partial charge in [0.25, 0.3) is 0 Å². The molecule has 4 nitrogen and oxygen atoms in total. The molecule has 136 valence electrons. The normalized spacial score (nSPS) is 33.5. The Hall–Kier alpha value is -0.780. The van der Waals surface area contributed by atoms with Crippen LogP contribution < -0.4 is 10.0 Å². The number of nitrogens with one attached hydrogen (secondary N) is 2. The molecular formula is C19H26ClN3OS. The van der Waals surface area contributed by atoms with Gasteiger partial charge in [-0.05, 0) is 93.7 Å². The van der Waals surface area contributed by atoms with Crippen LogP contribution in [-0.4, -0.2) is 22.5 Å². The van der Waals surface area contributed by atoms with Crippen LogP contribution in [0.5, 0.6) is 0 Å². The maximum absolute atomic E-state index is 12.9. The molecule has 1 aromatic rings. The van der Waals surface area contributed by atoms with Gasteiger partial charge in [0.2, 0.25) is 5.91 Å². The molecule has 2 N–H and O–H groups in total. The number of halogens is 1. The quantitative estimate of drug-likeness (QED) is 0.598. The minimum Gasteiger partial charge on any atom is -0.351 e. The van der Waals surface area contributed by atoms with E-state index in [-0.39, 0.29) is 5.91 Å². The number of amides is 1. The third-order valence-corrected chi connectivity index (χ3v) is 7.81. The molecule has 0 aliphatic heterocycles. The van der Waals surface area contributed by atoms with Crippen molar-refractivity contribution in [3.05, 3.63) is 23.5 Å². The number of rotatable bonds is 5. The van der Waals surface area contributed by atoms with Gasteiger partial charge in [0.05, 0.1) is 4.90 Å². The van der Waals surface area contributed by atoms with Gasteiger partial charge in [0.1, 0.15) is 10.7 Å². The summed E-state index contributed by atoms with van der Waals surface area (Å²) in [6.07, 6.45) is 8.34. The highest BCUT2D eigenvalue weighted by Crippen LogP contribution is 2.53. The first-order valence-corrected chi connectivity index (χ1v) is 10.5. The average Bonchev–Trinajstić information content (AvgIpc) is 2.56. The highest BCUT2D eigenvalue weighted by Gasteiger charge is 2.49. The average molecular weight is 380 g/mol. The van der Waals surface area contributed by atoms with Crippen LogP contribution >= 0.6 is 23.5 Å². The zero-order valence-corrected chi connectivity index (χ0v) is 16.4. The molecule has 4 saturated carbocycles. The van der Waals surface area contributed by atoms with E-state index < -0.39 is 5.54 Å². The van der Waals surface area contributed by atoms with Crippen LogP contribution in [0.25, 0.3) is 0 Å². The summed E-state index contributed by atoms with van der Waals surface area (Å²) >= 11 is 7.47. The van der Waals surface area contributed by atoms with Crippen molar-refractivity contribution >= 4 is 29.5 Å². The largest absolute Gasteiger partial charge is 0.351 e. The van der Waals surface area contributed by atoms with Crippen molar-refractivity contribution in [2.45, 2.75) is 62.4 Å². The molecule has 0 spiro atoms. The molecule has 4 fully saturated rings. The number of pyridine rings is 1. The first kappa shape index (κ1) is 17.6. The van der Waals surface area contributed by atoms with E-state index in [1.54, 1.807) is 6.20 Å². The van der Waals surface area contributed by atoms with Gasteiger partial charge in [0.15, 0.2) is 0 Å². The SMILES string of the molecule is CC(C)(NSc1cccnc1Cl)C(=O)NC1C2CC3CC(C2)CC1C3. The van der Waals surface area contributed by atoms with Crippen LogP contribution in [0, 0.1) is 23.7 Å². The molecule has 25 heavy (non-hydrogen) atoms. The van der Waals surface area contributed by atoms with E-state index >= 15 is 0 Å². The summed E-state index contributed by atoms with van der Waals surface area (Å²) < 4.78 is 3.27. The highest BCUT2D eigenvalue weighted by molar-refractivity contribution is 7.97. The first-order chi connectivity index (χ1) is 11.9. The monoisotopic (exact) mass is 379 g/mol. The van der Waals surface area contributed by atoms with Gasteiger partial charge in [-0.2, -0.15) is 0 Å². The van der Waals surface area contributed by atoms with E-state index in [2.05, 4.69) is 15.0 Å². The number of hydrogen-bond acceptors (Lipinski definition) is 4. The zero-order valence-electron chi connectivity index (χ0n) is 14.8. The predicted molar refractivity (Wildman–Crippen MR) is 101 cm³/mol. The highest BCUT2D eigenvalue weighted by atomic mass is 35.5. The van der Waals surface area contributed by atoms with Crippen LogP contribution in [0.4, 0.5) is 0 Å². The predicted octanol–water partition coefficient (Wildman–Crippen LogP) is 4.05. The molecule has 1 heterocycles. The molecule has 0 radical (unpaired) electrons. The summed E-state index contributed by atoms with van der Waals surface area (Å²) in [5.74, 6) is 3.31. The molecule has 0 atom stereocenters. The van der Waals surface area contributed by atoms with Gasteiger partial charge in [-0.25, -0.2) is 9.71 Å². The standard InChI is InChI=1S/C19H26ClN3OS/c1-19(2,23-25-15-4-3-5-21-17(15)20)18(24)22-16-13-7-11-6-12(9-13)10-14(16)8-11/h3-5,11-14,16,23H,6-10H2,1-2H3,(H,22,24). The fraction of sp³-hybridized carbons (Fsp3) is 0.684. The van der Waals surface area contributed by atoms with Gasteiger partial charge >= 0.3 is 0 Å². The van der Waals surface area contributed by atoms with Crippen LogP contribution in [0.1, 0.15) is 46.0 Å². The maximum Gasteiger partial charge on any atom is 0.240 e. The van der Waals surface area contributed by atoms with Crippen molar-refractivity contribution in [3.63, 3.8) is 0 Å². The van der Waals surface area contributed by atoms with Gasteiger partial charge < -0.3 is 5.32 Å². The summed E-state index contributed by atoms with van der Waals surface area (Å²) in [5.41, 5.74) is -0.668. The van der Waals surface area contributed by atoms with Crippen LogP contribution in [0.3, 0.4) is 0 Å². The lowest BCUT2D eigenvalue weighted by Gasteiger charge is -2.54. The van der Waals surface area contributed by atoms with Crippen molar-refractivity contribution in [1.29, 1.82) is 0 Å². The number of carbonyl (C=O) groups excluding carboxylic acids is 1. The van der Waals surface area contributed by atoms with Gasteiger partial charge in [-0.3, -0.25) is 4.79 Å². The second-order valence-corrected chi connectivity index (χ2v) is 9.76. The van der Waals surface area contributed by atoms with E-state index in [0.29, 0.717) is 23.0 Å². The van der Waals surface area contributed by atoms with E-state index in [1.807, 2.05) is 26.0 Å². The van der Waals surface area contributed by atoms with Crippen LogP contribution in [0.2, 0.25) is 5.15 Å². The molecule has 6 heteroatoms. The summed E-state index contributed by atoms with van der Waals surface area (Å²) in [6, 6.07) is 4.12. The summed E-state index contributed by atoms with van der Waals surface area (Å²) in [5, 5.41) is 3.85. The lowest BCUT2D eigenvalue weighted by molar-refractivity contribution is -0.129. The third kappa shape index (κ3) is 3.56. The van der Waals surface area contributed by atoms with E-state index in [9.17, 15) is 4.79 Å². The lowest BCUT2D eigenvalue weighted by atomic mass is 9.54. The Bertz CT molecular complexity index is 638. The second kappa shape index (κ2) is 6.75. The number of nitrogens with zero attached hydrogens (tertiary/aromatic N) is 1. The summed E-state index contributed by atoms with van der Waals surface area (Å²) in [4.78, 5) is 17.8. The third-order valence-electron chi connectivity index (χ3n) is 6.23. The Morgan fingerprint density at radius 1 is 1.20 bits per heavy atom. The molecule has 1 aromatic heterocycles. The molecule has 5 rings (SSSR count). The minimum absolute atomic E-state index is 0.0810. The van der Waals surface area contributed by atoms with Crippen molar-refractivity contribution in [3.8, 4) is 0 Å². The van der Waals surface area contributed by atoms with Crippen molar-refractivity contribution in [2.24, 2.45) is 23.7 Å². The van der Waals surface area contributed by atoms with Gasteiger partial charge in [-0.15, -0.1) is 0 Å². The van der Waals surface area contributed by atoms with Crippen molar-refractivity contribution in [1.82, 2.24) is 15.0 Å². The summed E-state index contributed by atoms with van der Waals surface area (Å²) in [6.45, 7) is 3.85. The Balaban J connectivity index is 1.37. The molecule has 1 amide bonds. The Morgan fingerprint density at radius 3 is 2.44 bits per heavy atom. The van der Waals surface area contributed by atoms with E-state index in [1.165, 1.54) is 44.1 Å². The molecule has 4 aliphatic rings.